The molecule has 0 aliphatic heterocycles. The molecule has 1 aromatic heterocycles. The van der Waals surface area contributed by atoms with Crippen LogP contribution in [-0.4, -0.2) is 17.8 Å². The molecule has 1 heterocycles. The Kier molecular flexibility index (Phi) is 9.48. The Morgan fingerprint density at radius 3 is 1.91 bits per heavy atom. The van der Waals surface area contributed by atoms with Crippen LogP contribution in [0.2, 0.25) is 0 Å². The largest absolute Gasteiger partial charge is 0.491 e. The van der Waals surface area contributed by atoms with Gasteiger partial charge in [0.1, 0.15) is 48.4 Å². The van der Waals surface area contributed by atoms with Gasteiger partial charge in [-0.1, -0.05) is 81.4 Å². The second-order valence-electron chi connectivity index (χ2n) is 11.9. The van der Waals surface area contributed by atoms with Crippen molar-refractivity contribution in [3.05, 3.63) is 124 Å². The fraction of sp³-hybridized carbons (Fsp3) is 0.270. The summed E-state index contributed by atoms with van der Waals surface area (Å²) < 4.78 is 24.4. The maximum Gasteiger partial charge on any atom is 0.193 e. The van der Waals surface area contributed by atoms with Gasteiger partial charge in [-0.2, -0.15) is 0 Å². The number of rotatable bonds is 12. The first-order valence-electron chi connectivity index (χ1n) is 14.6. The van der Waals surface area contributed by atoms with Gasteiger partial charge in [0.2, 0.25) is 0 Å². The van der Waals surface area contributed by atoms with E-state index in [0.717, 1.165) is 17.5 Å². The van der Waals surface area contributed by atoms with Crippen LogP contribution in [0.1, 0.15) is 44.7 Å². The summed E-state index contributed by atoms with van der Waals surface area (Å²) in [6.07, 6.45) is 0.952. The topological polar surface area (TPSA) is 78.1 Å². The van der Waals surface area contributed by atoms with E-state index in [2.05, 4.69) is 20.8 Å². The Balaban J connectivity index is 1.40. The molecule has 222 valence electrons. The quantitative estimate of drug-likeness (QED) is 0.161. The van der Waals surface area contributed by atoms with Crippen LogP contribution in [0.15, 0.2) is 112 Å². The van der Waals surface area contributed by atoms with Crippen molar-refractivity contribution in [2.75, 3.05) is 6.61 Å². The lowest BCUT2D eigenvalue weighted by Gasteiger charge is -2.20. The van der Waals surface area contributed by atoms with Crippen LogP contribution in [0.4, 0.5) is 0 Å². The van der Waals surface area contributed by atoms with Gasteiger partial charge in [0.05, 0.1) is 11.5 Å². The summed E-state index contributed by atoms with van der Waals surface area (Å²) in [5.74, 6) is 2.09. The Bertz CT molecular complexity index is 1620. The zero-order chi connectivity index (χ0) is 30.2. The third-order valence-electron chi connectivity index (χ3n) is 7.03. The summed E-state index contributed by atoms with van der Waals surface area (Å²) in [6, 6.07) is 31.9. The third-order valence-corrected chi connectivity index (χ3v) is 7.03. The molecule has 0 saturated carbocycles. The van der Waals surface area contributed by atoms with Gasteiger partial charge in [-0.25, -0.2) is 0 Å². The van der Waals surface area contributed by atoms with E-state index in [1.165, 1.54) is 6.07 Å². The summed E-state index contributed by atoms with van der Waals surface area (Å²) in [6.45, 7) is 7.36. The van der Waals surface area contributed by atoms with Crippen molar-refractivity contribution in [2.45, 2.75) is 52.9 Å². The molecule has 0 spiro atoms. The summed E-state index contributed by atoms with van der Waals surface area (Å²) >= 11 is 0. The summed E-state index contributed by atoms with van der Waals surface area (Å²) in [5.41, 5.74) is 3.08. The van der Waals surface area contributed by atoms with Crippen molar-refractivity contribution in [2.24, 2.45) is 5.41 Å². The predicted molar refractivity (Wildman–Crippen MR) is 170 cm³/mol. The average molecular weight is 579 g/mol. The number of fused-ring (bicyclic) bond motifs is 1. The Morgan fingerprint density at radius 2 is 1.33 bits per heavy atom. The van der Waals surface area contributed by atoms with Gasteiger partial charge in [-0.15, -0.1) is 0 Å². The standard InChI is InChI=1S/C37H38O6/c1-37(2,3)17-16-29(38)25-42-30-14-15-33-34(39)22-35(43-36(33)21-30)28-18-31(40-23-26-10-6-4-7-11-26)20-32(19-28)41-24-27-12-8-5-9-13-27/h4-15,18-22,29,38H,16-17,23-25H2,1-3H3/t29-/m0/s1. The van der Waals surface area contributed by atoms with Crippen LogP contribution in [0.25, 0.3) is 22.3 Å². The van der Waals surface area contributed by atoms with Crippen LogP contribution in [-0.2, 0) is 13.2 Å². The van der Waals surface area contributed by atoms with Crippen molar-refractivity contribution in [1.29, 1.82) is 0 Å². The van der Waals surface area contributed by atoms with Gasteiger partial charge in [-0.05, 0) is 53.6 Å². The maximum absolute atomic E-state index is 13.1. The third kappa shape index (κ3) is 8.72. The highest BCUT2D eigenvalue weighted by Gasteiger charge is 2.15. The van der Waals surface area contributed by atoms with E-state index in [1.54, 1.807) is 18.2 Å². The number of aliphatic hydroxyl groups is 1. The van der Waals surface area contributed by atoms with E-state index in [1.807, 2.05) is 78.9 Å². The van der Waals surface area contributed by atoms with Crippen LogP contribution in [0.3, 0.4) is 0 Å². The second-order valence-corrected chi connectivity index (χ2v) is 11.9. The smallest absolute Gasteiger partial charge is 0.193 e. The maximum atomic E-state index is 13.1. The molecular formula is C37H38O6. The molecule has 1 N–H and O–H groups in total. The minimum atomic E-state index is -0.582. The van der Waals surface area contributed by atoms with Gasteiger partial charge < -0.3 is 23.7 Å². The van der Waals surface area contributed by atoms with Crippen LogP contribution < -0.4 is 19.6 Å². The lowest BCUT2D eigenvalue weighted by atomic mass is 9.89. The lowest BCUT2D eigenvalue weighted by molar-refractivity contribution is 0.0889. The van der Waals surface area contributed by atoms with E-state index in [4.69, 9.17) is 18.6 Å². The van der Waals surface area contributed by atoms with E-state index >= 15 is 0 Å². The molecular weight excluding hydrogens is 540 g/mol. The number of ether oxygens (including phenoxy) is 3. The molecule has 4 aromatic carbocycles. The highest BCUT2D eigenvalue weighted by molar-refractivity contribution is 5.80. The van der Waals surface area contributed by atoms with E-state index in [0.29, 0.717) is 59.2 Å². The van der Waals surface area contributed by atoms with Gasteiger partial charge in [0, 0.05) is 23.8 Å². The number of benzene rings is 4. The SMILES string of the molecule is CC(C)(C)CC[C@H](O)COc1ccc2c(=O)cc(-c3cc(OCc4ccccc4)cc(OCc4ccccc4)c3)oc2c1. The number of aliphatic hydroxyl groups excluding tert-OH is 1. The van der Waals surface area contributed by atoms with Gasteiger partial charge in [-0.3, -0.25) is 4.79 Å². The summed E-state index contributed by atoms with van der Waals surface area (Å²) in [5, 5.41) is 10.8. The fourth-order valence-corrected chi connectivity index (χ4v) is 4.61. The first-order valence-corrected chi connectivity index (χ1v) is 14.6. The number of hydrogen-bond donors (Lipinski definition) is 1. The van der Waals surface area contributed by atoms with Gasteiger partial charge in [0.25, 0.3) is 0 Å². The molecule has 5 rings (SSSR count). The predicted octanol–water partition coefficient (Wildman–Crippen LogP) is 8.18. The van der Waals surface area contributed by atoms with Crippen molar-refractivity contribution >= 4 is 11.0 Å². The minimum Gasteiger partial charge on any atom is -0.491 e. The normalized spacial score (nSPS) is 12.2. The average Bonchev–Trinajstić information content (AvgIpc) is 3.01. The molecule has 43 heavy (non-hydrogen) atoms. The molecule has 0 aliphatic rings. The zero-order valence-corrected chi connectivity index (χ0v) is 24.9. The lowest BCUT2D eigenvalue weighted by Crippen LogP contribution is -2.20. The Labute approximate surface area is 252 Å². The highest BCUT2D eigenvalue weighted by atomic mass is 16.5. The molecule has 0 unspecified atom stereocenters. The van der Waals surface area contributed by atoms with E-state index < -0.39 is 6.10 Å². The summed E-state index contributed by atoms with van der Waals surface area (Å²) in [7, 11) is 0. The van der Waals surface area contributed by atoms with Crippen LogP contribution >= 0.6 is 0 Å². The monoisotopic (exact) mass is 578 g/mol. The molecule has 6 nitrogen and oxygen atoms in total. The summed E-state index contributed by atoms with van der Waals surface area (Å²) in [4.78, 5) is 13.1. The van der Waals surface area contributed by atoms with Crippen molar-refractivity contribution in [3.63, 3.8) is 0 Å². The van der Waals surface area contributed by atoms with Gasteiger partial charge >= 0.3 is 0 Å². The Hall–Kier alpha value is -4.55. The molecule has 0 bridgehead atoms. The first-order chi connectivity index (χ1) is 20.7. The van der Waals surface area contributed by atoms with Crippen molar-refractivity contribution in [1.82, 2.24) is 0 Å². The number of hydrogen-bond acceptors (Lipinski definition) is 6. The first kappa shape index (κ1) is 29.9. The van der Waals surface area contributed by atoms with Gasteiger partial charge in [0.15, 0.2) is 5.43 Å². The molecule has 1 atom stereocenters. The molecule has 5 aromatic rings. The van der Waals surface area contributed by atoms with Crippen molar-refractivity contribution in [3.8, 4) is 28.6 Å². The van der Waals surface area contributed by atoms with Crippen molar-refractivity contribution < 1.29 is 23.7 Å². The van der Waals surface area contributed by atoms with E-state index in [9.17, 15) is 9.90 Å². The highest BCUT2D eigenvalue weighted by Crippen LogP contribution is 2.32. The molecule has 0 fully saturated rings. The second kappa shape index (κ2) is 13.6. The molecule has 0 amide bonds. The molecule has 6 heteroatoms. The fourth-order valence-electron chi connectivity index (χ4n) is 4.61. The Morgan fingerprint density at radius 1 is 0.721 bits per heavy atom. The zero-order valence-electron chi connectivity index (χ0n) is 24.9. The molecule has 0 saturated heterocycles. The molecule has 0 radical (unpaired) electrons. The minimum absolute atomic E-state index is 0.139. The van der Waals surface area contributed by atoms with E-state index in [-0.39, 0.29) is 17.5 Å². The van der Waals surface area contributed by atoms with Crippen LogP contribution in [0, 0.1) is 5.41 Å². The van der Waals surface area contributed by atoms with Crippen LogP contribution in [0.5, 0.6) is 17.2 Å². The molecule has 0 aliphatic carbocycles.